The maximum absolute atomic E-state index is 13.9. The van der Waals surface area contributed by atoms with Crippen molar-refractivity contribution in [2.45, 2.75) is 51.5 Å². The predicted molar refractivity (Wildman–Crippen MR) is 111 cm³/mol. The third-order valence-corrected chi connectivity index (χ3v) is 5.04. The molecule has 1 rings (SSSR count). The standard InChI is InChI=1S/C21H33F3N2O4/c1-8-26(5)14-25-17-12-18(28-6)16(11-15(17)2)20(27,21(22,23)24)13-30-10-9-19(3,4)29-7/h11-12,14,27H,8-10,13H2,1-7H3/b25-14+. The van der Waals surface area contributed by atoms with Crippen LogP contribution in [0, 0.1) is 6.92 Å². The fourth-order valence-electron chi connectivity index (χ4n) is 2.50. The topological polar surface area (TPSA) is 63.5 Å². The molecule has 0 heterocycles. The molecule has 0 spiro atoms. The van der Waals surface area contributed by atoms with Gasteiger partial charge in [-0.25, -0.2) is 4.99 Å². The van der Waals surface area contributed by atoms with Gasteiger partial charge in [0.1, 0.15) is 5.75 Å². The van der Waals surface area contributed by atoms with E-state index < -0.39 is 29.5 Å². The molecule has 1 atom stereocenters. The van der Waals surface area contributed by atoms with Crippen LogP contribution < -0.4 is 4.74 Å². The molecule has 0 fully saturated rings. The van der Waals surface area contributed by atoms with Gasteiger partial charge < -0.3 is 24.2 Å². The number of aliphatic hydroxyl groups is 1. The maximum atomic E-state index is 13.9. The molecule has 0 bridgehead atoms. The second-order valence-electron chi connectivity index (χ2n) is 7.78. The minimum Gasteiger partial charge on any atom is -0.496 e. The average Bonchev–Trinajstić information content (AvgIpc) is 2.68. The van der Waals surface area contributed by atoms with Gasteiger partial charge in [-0.3, -0.25) is 0 Å². The van der Waals surface area contributed by atoms with Crippen molar-refractivity contribution < 1.29 is 32.5 Å². The van der Waals surface area contributed by atoms with E-state index in [0.29, 0.717) is 17.7 Å². The first-order valence-corrected chi connectivity index (χ1v) is 9.67. The van der Waals surface area contributed by atoms with Gasteiger partial charge >= 0.3 is 6.18 Å². The number of rotatable bonds is 11. The van der Waals surface area contributed by atoms with E-state index in [2.05, 4.69) is 4.99 Å². The molecule has 6 nitrogen and oxygen atoms in total. The molecule has 0 saturated heterocycles. The smallest absolute Gasteiger partial charge is 0.423 e. The van der Waals surface area contributed by atoms with Crippen molar-refractivity contribution in [3.63, 3.8) is 0 Å². The number of methoxy groups -OCH3 is 2. The van der Waals surface area contributed by atoms with Crippen LogP contribution in [0.4, 0.5) is 18.9 Å². The molecule has 172 valence electrons. The number of hydrogen-bond acceptors (Lipinski definition) is 5. The van der Waals surface area contributed by atoms with Crippen molar-refractivity contribution >= 4 is 12.0 Å². The molecule has 9 heteroatoms. The van der Waals surface area contributed by atoms with E-state index >= 15 is 0 Å². The summed E-state index contributed by atoms with van der Waals surface area (Å²) in [4.78, 5) is 6.12. The molecule has 0 aliphatic rings. The summed E-state index contributed by atoms with van der Waals surface area (Å²) in [6, 6.07) is 2.63. The van der Waals surface area contributed by atoms with E-state index in [1.54, 1.807) is 27.1 Å². The lowest BCUT2D eigenvalue weighted by Gasteiger charge is -2.32. The summed E-state index contributed by atoms with van der Waals surface area (Å²) >= 11 is 0. The zero-order valence-electron chi connectivity index (χ0n) is 18.8. The number of aliphatic imine (C=N–C) groups is 1. The van der Waals surface area contributed by atoms with Crippen LogP contribution in [-0.2, 0) is 15.1 Å². The molecule has 0 amide bonds. The van der Waals surface area contributed by atoms with Crippen LogP contribution >= 0.6 is 0 Å². The number of halogens is 3. The summed E-state index contributed by atoms with van der Waals surface area (Å²) in [5, 5.41) is 10.7. The lowest BCUT2D eigenvalue weighted by molar-refractivity contribution is -0.282. The SMILES string of the molecule is CCN(C)/C=N/c1cc(OC)c(C(O)(COCCC(C)(C)OC)C(F)(F)F)cc1C. The van der Waals surface area contributed by atoms with Gasteiger partial charge in [-0.2, -0.15) is 13.2 Å². The van der Waals surface area contributed by atoms with Crippen molar-refractivity contribution in [3.8, 4) is 5.75 Å². The maximum Gasteiger partial charge on any atom is 0.423 e. The quantitative estimate of drug-likeness (QED) is 0.321. The van der Waals surface area contributed by atoms with E-state index in [-0.39, 0.29) is 12.4 Å². The normalized spacial score (nSPS) is 14.8. The van der Waals surface area contributed by atoms with Gasteiger partial charge in [0.15, 0.2) is 0 Å². The van der Waals surface area contributed by atoms with Gasteiger partial charge in [0.05, 0.1) is 31.3 Å². The first kappa shape index (κ1) is 26.2. The number of alkyl halides is 3. The Kier molecular flexibility index (Phi) is 9.13. The van der Waals surface area contributed by atoms with Crippen LogP contribution in [0.1, 0.15) is 38.3 Å². The molecule has 0 radical (unpaired) electrons. The fourth-order valence-corrected chi connectivity index (χ4v) is 2.50. The fraction of sp³-hybridized carbons (Fsp3) is 0.667. The highest BCUT2D eigenvalue weighted by Crippen LogP contribution is 2.45. The second kappa shape index (κ2) is 10.5. The zero-order chi connectivity index (χ0) is 23.2. The Morgan fingerprint density at radius 3 is 2.33 bits per heavy atom. The Labute approximate surface area is 176 Å². The molecule has 0 aromatic heterocycles. The minimum absolute atomic E-state index is 0.00768. The Morgan fingerprint density at radius 2 is 1.83 bits per heavy atom. The predicted octanol–water partition coefficient (Wildman–Crippen LogP) is 4.20. The Bertz CT molecular complexity index is 723. The molecule has 1 unspecified atom stereocenters. The summed E-state index contributed by atoms with van der Waals surface area (Å²) in [5.74, 6) is -0.118. The first-order valence-electron chi connectivity index (χ1n) is 9.67. The molecule has 0 aliphatic heterocycles. The number of nitrogens with zero attached hydrogens (tertiary/aromatic N) is 2. The molecular weight excluding hydrogens is 401 g/mol. The Hall–Kier alpha value is -1.84. The largest absolute Gasteiger partial charge is 0.496 e. The van der Waals surface area contributed by atoms with Crippen molar-refractivity contribution in [2.75, 3.05) is 41.0 Å². The number of aryl methyl sites for hydroxylation is 1. The third kappa shape index (κ3) is 6.58. The molecule has 0 saturated carbocycles. The van der Waals surface area contributed by atoms with E-state index in [0.717, 1.165) is 6.54 Å². The summed E-state index contributed by atoms with van der Waals surface area (Å²) in [7, 11) is 4.59. The van der Waals surface area contributed by atoms with Crippen LogP contribution in [0.25, 0.3) is 0 Å². The molecule has 30 heavy (non-hydrogen) atoms. The van der Waals surface area contributed by atoms with Gasteiger partial charge in [0.25, 0.3) is 0 Å². The average molecular weight is 434 g/mol. The van der Waals surface area contributed by atoms with E-state index in [1.807, 2.05) is 18.9 Å². The second-order valence-corrected chi connectivity index (χ2v) is 7.78. The van der Waals surface area contributed by atoms with Gasteiger partial charge in [-0.05, 0) is 45.7 Å². The van der Waals surface area contributed by atoms with Crippen LogP contribution in [0.5, 0.6) is 5.75 Å². The van der Waals surface area contributed by atoms with Crippen LogP contribution in [-0.4, -0.2) is 69.1 Å². The summed E-state index contributed by atoms with van der Waals surface area (Å²) < 4.78 is 57.4. The highest BCUT2D eigenvalue weighted by molar-refractivity contribution is 5.65. The van der Waals surface area contributed by atoms with E-state index in [4.69, 9.17) is 14.2 Å². The molecule has 1 aromatic carbocycles. The van der Waals surface area contributed by atoms with Crippen LogP contribution in [0.15, 0.2) is 17.1 Å². The lowest BCUT2D eigenvalue weighted by atomic mass is 9.91. The van der Waals surface area contributed by atoms with Gasteiger partial charge in [0.2, 0.25) is 5.60 Å². The summed E-state index contributed by atoms with van der Waals surface area (Å²) in [6.45, 7) is 6.92. The van der Waals surface area contributed by atoms with E-state index in [1.165, 1.54) is 26.4 Å². The highest BCUT2D eigenvalue weighted by Gasteiger charge is 2.56. The van der Waals surface area contributed by atoms with Gasteiger partial charge in [-0.1, -0.05) is 0 Å². The van der Waals surface area contributed by atoms with Crippen molar-refractivity contribution in [1.29, 1.82) is 0 Å². The van der Waals surface area contributed by atoms with Crippen LogP contribution in [0.2, 0.25) is 0 Å². The monoisotopic (exact) mass is 434 g/mol. The molecule has 1 N–H and O–H groups in total. The van der Waals surface area contributed by atoms with Crippen molar-refractivity contribution in [1.82, 2.24) is 4.90 Å². The van der Waals surface area contributed by atoms with Gasteiger partial charge in [-0.15, -0.1) is 0 Å². The Morgan fingerprint density at radius 1 is 1.20 bits per heavy atom. The summed E-state index contributed by atoms with van der Waals surface area (Å²) in [5.41, 5.74) is -3.28. The van der Waals surface area contributed by atoms with Crippen molar-refractivity contribution in [2.24, 2.45) is 4.99 Å². The first-order chi connectivity index (χ1) is 13.8. The van der Waals surface area contributed by atoms with Gasteiger partial charge in [0, 0.05) is 38.9 Å². The van der Waals surface area contributed by atoms with Crippen molar-refractivity contribution in [3.05, 3.63) is 23.3 Å². The lowest BCUT2D eigenvalue weighted by Crippen LogP contribution is -2.46. The van der Waals surface area contributed by atoms with Crippen LogP contribution in [0.3, 0.4) is 0 Å². The molecule has 1 aromatic rings. The summed E-state index contributed by atoms with van der Waals surface area (Å²) in [6.07, 6.45) is -3.03. The zero-order valence-corrected chi connectivity index (χ0v) is 18.8. The number of hydrogen-bond donors (Lipinski definition) is 1. The van der Waals surface area contributed by atoms with E-state index in [9.17, 15) is 18.3 Å². The highest BCUT2D eigenvalue weighted by atomic mass is 19.4. The number of benzene rings is 1. The number of ether oxygens (including phenoxy) is 3. The Balaban J connectivity index is 3.25. The molecular formula is C21H33F3N2O4. The minimum atomic E-state index is -4.98. The molecule has 0 aliphatic carbocycles. The third-order valence-electron chi connectivity index (χ3n) is 5.04.